The van der Waals surface area contributed by atoms with Gasteiger partial charge in [0.15, 0.2) is 5.82 Å². The van der Waals surface area contributed by atoms with Gasteiger partial charge in [0.05, 0.1) is 5.52 Å². The summed E-state index contributed by atoms with van der Waals surface area (Å²) in [6, 6.07) is 7.30. The number of nitrogens with zero attached hydrogens (tertiary/aromatic N) is 2. The Balaban J connectivity index is 1.98. The molecule has 0 aliphatic carbocycles. The van der Waals surface area contributed by atoms with Crippen molar-refractivity contribution >= 4 is 44.5 Å². The van der Waals surface area contributed by atoms with E-state index in [2.05, 4.69) is 41.7 Å². The number of hydrogen-bond acceptors (Lipinski definition) is 4. The molecule has 0 saturated heterocycles. The van der Waals surface area contributed by atoms with Gasteiger partial charge in [0.1, 0.15) is 5.82 Å². The number of urea groups is 1. The summed E-state index contributed by atoms with van der Waals surface area (Å²) in [5.41, 5.74) is 8.58. The van der Waals surface area contributed by atoms with Crippen molar-refractivity contribution in [2.75, 3.05) is 17.6 Å². The lowest BCUT2D eigenvalue weighted by atomic mass is 10.0. The molecule has 2 aromatic heterocycles. The molecule has 0 atom stereocenters. The molecule has 23 heavy (non-hydrogen) atoms. The van der Waals surface area contributed by atoms with Gasteiger partial charge in [-0.05, 0) is 58.2 Å². The molecular formula is C15H15BrN6O. The number of carbonyl (C=O) groups excluding carboxylic acids is 1. The Hall–Kier alpha value is -2.61. The molecule has 5 N–H and O–H groups in total. The first-order valence-corrected chi connectivity index (χ1v) is 7.82. The van der Waals surface area contributed by atoms with Crippen LogP contribution in [0.5, 0.6) is 0 Å². The lowest BCUT2D eigenvalue weighted by Gasteiger charge is -2.08. The van der Waals surface area contributed by atoms with Crippen molar-refractivity contribution < 1.29 is 4.79 Å². The molecule has 0 aliphatic rings. The number of pyridine rings is 1. The molecule has 2 heterocycles. The van der Waals surface area contributed by atoms with E-state index in [-0.39, 0.29) is 6.03 Å². The van der Waals surface area contributed by atoms with Crippen LogP contribution in [0.1, 0.15) is 6.92 Å². The Labute approximate surface area is 140 Å². The minimum atomic E-state index is -0.284. The molecule has 7 nitrogen and oxygen atoms in total. The highest BCUT2D eigenvalue weighted by molar-refractivity contribution is 9.10. The van der Waals surface area contributed by atoms with Crippen molar-refractivity contribution in [3.05, 3.63) is 34.9 Å². The Morgan fingerprint density at radius 1 is 1.35 bits per heavy atom. The van der Waals surface area contributed by atoms with Gasteiger partial charge >= 0.3 is 6.03 Å². The number of fused-ring (bicyclic) bond motifs is 1. The number of nitrogens with two attached hydrogens (primary N) is 1. The zero-order valence-electron chi connectivity index (χ0n) is 12.4. The molecule has 3 aromatic rings. The van der Waals surface area contributed by atoms with E-state index in [1.165, 1.54) is 0 Å². The van der Waals surface area contributed by atoms with Gasteiger partial charge in [0, 0.05) is 22.6 Å². The van der Waals surface area contributed by atoms with Gasteiger partial charge in [-0.25, -0.2) is 9.78 Å². The van der Waals surface area contributed by atoms with Crippen LogP contribution in [0.4, 0.5) is 16.4 Å². The van der Waals surface area contributed by atoms with Crippen LogP contribution in [0, 0.1) is 0 Å². The van der Waals surface area contributed by atoms with E-state index < -0.39 is 0 Å². The monoisotopic (exact) mass is 374 g/mol. The summed E-state index contributed by atoms with van der Waals surface area (Å²) in [7, 11) is 0. The zero-order chi connectivity index (χ0) is 16.4. The van der Waals surface area contributed by atoms with Crippen molar-refractivity contribution in [1.29, 1.82) is 0 Å². The molecule has 8 heteroatoms. The maximum absolute atomic E-state index is 11.6. The predicted octanol–water partition coefficient (Wildman–Crippen LogP) is 3.11. The largest absolute Gasteiger partial charge is 0.382 e. The van der Waals surface area contributed by atoms with Crippen molar-refractivity contribution in [2.24, 2.45) is 0 Å². The fraction of sp³-hybridized carbons (Fsp3) is 0.133. The summed E-state index contributed by atoms with van der Waals surface area (Å²) in [4.78, 5) is 15.8. The molecule has 0 fully saturated rings. The number of rotatable bonds is 3. The zero-order valence-corrected chi connectivity index (χ0v) is 13.9. The summed E-state index contributed by atoms with van der Waals surface area (Å²) in [6.45, 7) is 2.40. The van der Waals surface area contributed by atoms with E-state index in [4.69, 9.17) is 5.73 Å². The molecule has 0 aliphatic heterocycles. The summed E-state index contributed by atoms with van der Waals surface area (Å²) >= 11 is 3.52. The Morgan fingerprint density at radius 3 is 2.96 bits per heavy atom. The van der Waals surface area contributed by atoms with E-state index in [0.717, 1.165) is 26.5 Å². The van der Waals surface area contributed by atoms with Crippen LogP contribution in [0.2, 0.25) is 0 Å². The van der Waals surface area contributed by atoms with E-state index in [0.29, 0.717) is 18.2 Å². The molecule has 0 radical (unpaired) electrons. The lowest BCUT2D eigenvalue weighted by Crippen LogP contribution is -2.28. The van der Waals surface area contributed by atoms with Crippen molar-refractivity contribution in [2.45, 2.75) is 6.92 Å². The van der Waals surface area contributed by atoms with Crippen LogP contribution in [0.15, 0.2) is 34.9 Å². The number of aromatic nitrogens is 3. The highest BCUT2D eigenvalue weighted by atomic mass is 79.9. The van der Waals surface area contributed by atoms with Gasteiger partial charge in [0.25, 0.3) is 0 Å². The second-order valence-electron chi connectivity index (χ2n) is 4.90. The molecule has 0 spiro atoms. The third-order valence-corrected chi connectivity index (χ3v) is 3.95. The third-order valence-electron chi connectivity index (χ3n) is 3.33. The number of aromatic amines is 1. The fourth-order valence-electron chi connectivity index (χ4n) is 2.26. The van der Waals surface area contributed by atoms with Gasteiger partial charge in [-0.15, -0.1) is 0 Å². The van der Waals surface area contributed by atoms with Crippen molar-refractivity contribution in [3.8, 4) is 11.1 Å². The Kier molecular flexibility index (Phi) is 4.16. The van der Waals surface area contributed by atoms with Gasteiger partial charge < -0.3 is 11.1 Å². The SMILES string of the molecule is CCNC(=O)Nc1cc(-c2cc(Br)c3[nH]nc(N)c3c2)ccn1. The van der Waals surface area contributed by atoms with Crippen LogP contribution in [0.3, 0.4) is 0 Å². The lowest BCUT2D eigenvalue weighted by molar-refractivity contribution is 0.252. The number of anilines is 2. The van der Waals surface area contributed by atoms with Crippen LogP contribution in [0.25, 0.3) is 22.0 Å². The maximum atomic E-state index is 11.6. The minimum Gasteiger partial charge on any atom is -0.382 e. The number of hydrogen-bond donors (Lipinski definition) is 4. The normalized spacial score (nSPS) is 10.7. The number of halogens is 1. The summed E-state index contributed by atoms with van der Waals surface area (Å²) in [5.74, 6) is 0.919. The Bertz CT molecular complexity index is 876. The number of amides is 2. The minimum absolute atomic E-state index is 0.284. The summed E-state index contributed by atoms with van der Waals surface area (Å²) < 4.78 is 0.865. The number of benzene rings is 1. The van der Waals surface area contributed by atoms with E-state index in [1.807, 2.05) is 25.1 Å². The second kappa shape index (κ2) is 6.25. The maximum Gasteiger partial charge on any atom is 0.320 e. The topological polar surface area (TPSA) is 109 Å². The van der Waals surface area contributed by atoms with Crippen molar-refractivity contribution in [1.82, 2.24) is 20.5 Å². The number of nitrogen functional groups attached to an aromatic ring is 1. The van der Waals surface area contributed by atoms with Gasteiger partial charge in [0.2, 0.25) is 0 Å². The third kappa shape index (κ3) is 3.11. The standard InChI is InChI=1S/C15H15BrN6O/c1-2-18-15(23)20-12-7-8(3-4-19-12)9-5-10-13(11(16)6-9)21-22-14(10)17/h3-7H,2H2,1H3,(H3,17,21,22)(H2,18,19,20,23). The fourth-order valence-corrected chi connectivity index (χ4v) is 2.81. The number of carbonyl (C=O) groups is 1. The second-order valence-corrected chi connectivity index (χ2v) is 5.76. The van der Waals surface area contributed by atoms with E-state index in [9.17, 15) is 4.79 Å². The molecule has 3 rings (SSSR count). The molecule has 0 saturated carbocycles. The quantitative estimate of drug-likeness (QED) is 0.564. The molecule has 118 valence electrons. The molecule has 1 aromatic carbocycles. The van der Waals surface area contributed by atoms with Gasteiger partial charge in [-0.2, -0.15) is 5.10 Å². The first kappa shape index (κ1) is 15.3. The van der Waals surface area contributed by atoms with Crippen LogP contribution in [-0.2, 0) is 0 Å². The highest BCUT2D eigenvalue weighted by Crippen LogP contribution is 2.32. The van der Waals surface area contributed by atoms with Crippen LogP contribution in [-0.4, -0.2) is 27.8 Å². The smallest absolute Gasteiger partial charge is 0.320 e. The van der Waals surface area contributed by atoms with E-state index in [1.54, 1.807) is 12.3 Å². The van der Waals surface area contributed by atoms with Crippen LogP contribution < -0.4 is 16.4 Å². The number of nitrogens with one attached hydrogen (secondary N) is 3. The van der Waals surface area contributed by atoms with Crippen LogP contribution >= 0.6 is 15.9 Å². The molecule has 2 amide bonds. The highest BCUT2D eigenvalue weighted by Gasteiger charge is 2.10. The summed E-state index contributed by atoms with van der Waals surface area (Å²) in [6.07, 6.45) is 1.65. The first-order chi connectivity index (χ1) is 11.1. The van der Waals surface area contributed by atoms with Gasteiger partial charge in [-0.3, -0.25) is 10.4 Å². The number of H-pyrrole nitrogens is 1. The van der Waals surface area contributed by atoms with Gasteiger partial charge in [-0.1, -0.05) is 0 Å². The average molecular weight is 375 g/mol. The summed E-state index contributed by atoms with van der Waals surface area (Å²) in [5, 5.41) is 13.1. The first-order valence-electron chi connectivity index (χ1n) is 7.03. The van der Waals surface area contributed by atoms with E-state index >= 15 is 0 Å². The van der Waals surface area contributed by atoms with Crippen molar-refractivity contribution in [3.63, 3.8) is 0 Å². The molecule has 0 unspecified atom stereocenters. The average Bonchev–Trinajstić information content (AvgIpc) is 2.90. The predicted molar refractivity (Wildman–Crippen MR) is 94.1 cm³/mol. The Morgan fingerprint density at radius 2 is 2.17 bits per heavy atom. The molecular weight excluding hydrogens is 360 g/mol. The molecule has 0 bridgehead atoms.